The molecule has 3 N–H and O–H groups in total. The van der Waals surface area contributed by atoms with Crippen molar-refractivity contribution in [3.05, 3.63) is 0 Å². The summed E-state index contributed by atoms with van der Waals surface area (Å²) in [6.07, 6.45) is 72.5. The van der Waals surface area contributed by atoms with Gasteiger partial charge in [-0.25, -0.2) is 9.13 Å². The van der Waals surface area contributed by atoms with Gasteiger partial charge in [0.05, 0.1) is 26.4 Å². The molecule has 0 aromatic heterocycles. The third-order valence-electron chi connectivity index (χ3n) is 21.9. The van der Waals surface area contributed by atoms with Gasteiger partial charge in [-0.15, -0.1) is 0 Å². The molecule has 6 atom stereocenters. The number of hydrogen-bond acceptors (Lipinski definition) is 15. The molecule has 0 fully saturated rings. The minimum Gasteiger partial charge on any atom is -0.462 e. The largest absolute Gasteiger partial charge is 0.472 e. The fourth-order valence-corrected chi connectivity index (χ4v) is 15.9. The normalized spacial score (nSPS) is 14.1. The highest BCUT2D eigenvalue weighted by molar-refractivity contribution is 7.47. The number of aliphatic hydroxyl groups is 1. The van der Waals surface area contributed by atoms with Crippen LogP contribution in [0.1, 0.15) is 486 Å². The number of carbonyl (C=O) groups excluding carboxylic acids is 4. The maximum Gasteiger partial charge on any atom is 0.472 e. The zero-order valence-electron chi connectivity index (χ0n) is 73.6. The van der Waals surface area contributed by atoms with Crippen LogP contribution in [0.2, 0.25) is 0 Å². The first-order chi connectivity index (χ1) is 53.6. The van der Waals surface area contributed by atoms with Gasteiger partial charge in [-0.1, -0.05) is 434 Å². The second kappa shape index (κ2) is 80.5. The Morgan fingerprint density at radius 2 is 0.432 bits per heavy atom. The molecule has 660 valence electrons. The summed E-state index contributed by atoms with van der Waals surface area (Å²) in [4.78, 5) is 73.4. The summed E-state index contributed by atoms with van der Waals surface area (Å²) < 4.78 is 69.0. The molecule has 0 spiro atoms. The summed E-state index contributed by atoms with van der Waals surface area (Å²) in [6, 6.07) is 0. The molecule has 4 unspecified atom stereocenters. The first kappa shape index (κ1) is 109. The van der Waals surface area contributed by atoms with Crippen LogP contribution in [0.15, 0.2) is 0 Å². The summed E-state index contributed by atoms with van der Waals surface area (Å²) in [5, 5.41) is 10.7. The molecular formula is C92H180O17P2. The first-order valence-corrected chi connectivity index (χ1v) is 50.2. The van der Waals surface area contributed by atoms with E-state index in [1.165, 1.54) is 283 Å². The fraction of sp³-hybridized carbons (Fsp3) is 0.957. The predicted octanol–water partition coefficient (Wildman–Crippen LogP) is 28.3. The number of hydrogen-bond donors (Lipinski definition) is 3. The monoisotopic (exact) mass is 1620 g/mol. The molecule has 0 aromatic rings. The summed E-state index contributed by atoms with van der Waals surface area (Å²) in [5.41, 5.74) is 0. The fourth-order valence-electron chi connectivity index (χ4n) is 14.3. The molecule has 17 nitrogen and oxygen atoms in total. The van der Waals surface area contributed by atoms with E-state index in [-0.39, 0.29) is 25.7 Å². The van der Waals surface area contributed by atoms with Crippen LogP contribution in [-0.4, -0.2) is 96.7 Å². The number of unbranched alkanes of at least 4 members (excludes halogenated alkanes) is 54. The van der Waals surface area contributed by atoms with Crippen molar-refractivity contribution in [3.63, 3.8) is 0 Å². The van der Waals surface area contributed by atoms with Gasteiger partial charge in [0.2, 0.25) is 0 Å². The van der Waals surface area contributed by atoms with Gasteiger partial charge >= 0.3 is 39.5 Å². The predicted molar refractivity (Wildman–Crippen MR) is 460 cm³/mol. The highest BCUT2D eigenvalue weighted by Gasteiger charge is 2.31. The second-order valence-corrected chi connectivity index (χ2v) is 37.6. The van der Waals surface area contributed by atoms with Gasteiger partial charge < -0.3 is 33.8 Å². The van der Waals surface area contributed by atoms with E-state index in [1.54, 1.807) is 0 Å². The number of carbonyl (C=O) groups is 4. The molecule has 0 aliphatic rings. The van der Waals surface area contributed by atoms with E-state index in [4.69, 9.17) is 37.0 Å². The summed E-state index contributed by atoms with van der Waals surface area (Å²) in [7, 11) is -9.94. The van der Waals surface area contributed by atoms with Gasteiger partial charge in [0.1, 0.15) is 19.3 Å². The highest BCUT2D eigenvalue weighted by Crippen LogP contribution is 2.45. The number of phosphoric acid groups is 2. The van der Waals surface area contributed by atoms with Crippen molar-refractivity contribution in [2.75, 3.05) is 39.6 Å². The van der Waals surface area contributed by atoms with Crippen LogP contribution < -0.4 is 0 Å². The Hall–Kier alpha value is -1.94. The molecular weight excluding hydrogens is 1440 g/mol. The smallest absolute Gasteiger partial charge is 0.462 e. The SMILES string of the molecule is CCC(C)CCCCCCCCCCCCCCCCCCCCC(=O)O[C@H](COC(=O)CCCCCCCCCCCCCCCCCCCCC(C)C)COP(=O)(O)OCC(O)COP(=O)(O)OC[C@@H](COC(=O)CCCCCCCCC(C)C)OC(=O)CCCCCCCCCCCCCCCCCCC(C)C. The van der Waals surface area contributed by atoms with Gasteiger partial charge in [0, 0.05) is 25.7 Å². The van der Waals surface area contributed by atoms with E-state index >= 15 is 0 Å². The van der Waals surface area contributed by atoms with Crippen molar-refractivity contribution in [1.82, 2.24) is 0 Å². The summed E-state index contributed by atoms with van der Waals surface area (Å²) in [6.45, 7) is 14.4. The Morgan fingerprint density at radius 3 is 0.640 bits per heavy atom. The van der Waals surface area contributed by atoms with Crippen LogP contribution >= 0.6 is 15.6 Å². The molecule has 0 heterocycles. The van der Waals surface area contributed by atoms with Crippen molar-refractivity contribution in [1.29, 1.82) is 0 Å². The second-order valence-electron chi connectivity index (χ2n) is 34.7. The van der Waals surface area contributed by atoms with Crippen LogP contribution in [0.25, 0.3) is 0 Å². The quantitative estimate of drug-likeness (QED) is 0.0222. The standard InChI is InChI=1S/C92H180O17P2/c1-9-85(8)71-63-55-46-40-34-28-22-15-11-13-17-24-30-36-42-48-58-66-74-91(96)108-87(78-102-89(94)72-64-56-47-41-35-29-23-16-12-10-14-20-26-32-38-44-52-60-68-82(2)3)80-106-110(98,99)104-76-86(93)77-105-111(100,101)107-81-88(79-103-90(95)73-65-57-51-50-54-62-70-84(6)7)109-92(97)75-67-59-49-43-37-31-25-19-18-21-27-33-39-45-53-61-69-83(4)5/h82-88,93H,9-81H2,1-8H3,(H,98,99)(H,100,101)/t85?,86?,87-,88-/m1/s1. The van der Waals surface area contributed by atoms with Gasteiger partial charge in [-0.05, 0) is 49.4 Å². The molecule has 0 saturated carbocycles. The average Bonchev–Trinajstić information content (AvgIpc) is 0.898. The number of phosphoric ester groups is 2. The summed E-state index contributed by atoms with van der Waals surface area (Å²) in [5.74, 6) is 1.08. The van der Waals surface area contributed by atoms with E-state index < -0.39 is 97.5 Å². The Bertz CT molecular complexity index is 2150. The van der Waals surface area contributed by atoms with Crippen molar-refractivity contribution < 1.29 is 80.2 Å². The zero-order valence-corrected chi connectivity index (χ0v) is 75.4. The van der Waals surface area contributed by atoms with E-state index in [2.05, 4.69) is 55.4 Å². The van der Waals surface area contributed by atoms with E-state index in [0.29, 0.717) is 31.6 Å². The van der Waals surface area contributed by atoms with Crippen molar-refractivity contribution >= 4 is 39.5 Å². The zero-order chi connectivity index (χ0) is 81.6. The minimum absolute atomic E-state index is 0.107. The molecule has 0 bridgehead atoms. The summed E-state index contributed by atoms with van der Waals surface area (Å²) >= 11 is 0. The number of aliphatic hydroxyl groups excluding tert-OH is 1. The topological polar surface area (TPSA) is 237 Å². The number of rotatable bonds is 89. The molecule has 111 heavy (non-hydrogen) atoms. The Morgan fingerprint density at radius 1 is 0.252 bits per heavy atom. The average molecular weight is 1620 g/mol. The minimum atomic E-state index is -4.97. The van der Waals surface area contributed by atoms with Gasteiger partial charge in [0.15, 0.2) is 12.2 Å². The maximum absolute atomic E-state index is 13.2. The third-order valence-corrected chi connectivity index (χ3v) is 23.8. The van der Waals surface area contributed by atoms with Gasteiger partial charge in [0.25, 0.3) is 0 Å². The lowest BCUT2D eigenvalue weighted by Gasteiger charge is -2.21. The van der Waals surface area contributed by atoms with E-state index in [0.717, 1.165) is 114 Å². The Balaban J connectivity index is 5.20. The molecule has 0 rings (SSSR count). The van der Waals surface area contributed by atoms with Gasteiger partial charge in [-0.2, -0.15) is 0 Å². The van der Waals surface area contributed by atoms with Crippen molar-refractivity contribution in [2.45, 2.75) is 504 Å². The third kappa shape index (κ3) is 84.3. The molecule has 19 heteroatoms. The molecule has 0 aromatic carbocycles. The van der Waals surface area contributed by atoms with Crippen molar-refractivity contribution in [3.8, 4) is 0 Å². The van der Waals surface area contributed by atoms with E-state index in [9.17, 15) is 43.2 Å². The van der Waals surface area contributed by atoms with Crippen molar-refractivity contribution in [2.24, 2.45) is 23.7 Å². The molecule has 0 saturated heterocycles. The van der Waals surface area contributed by atoms with Gasteiger partial charge in [-0.3, -0.25) is 37.3 Å². The highest BCUT2D eigenvalue weighted by atomic mass is 31.2. The number of ether oxygens (including phenoxy) is 4. The lowest BCUT2D eigenvalue weighted by molar-refractivity contribution is -0.161. The van der Waals surface area contributed by atoms with Crippen LogP contribution in [0.3, 0.4) is 0 Å². The molecule has 0 radical (unpaired) electrons. The lowest BCUT2D eigenvalue weighted by atomic mass is 9.99. The lowest BCUT2D eigenvalue weighted by Crippen LogP contribution is -2.30. The Kier molecular flexibility index (Phi) is 79.1. The van der Waals surface area contributed by atoms with Crippen LogP contribution in [0, 0.1) is 23.7 Å². The van der Waals surface area contributed by atoms with Crippen LogP contribution in [0.5, 0.6) is 0 Å². The maximum atomic E-state index is 13.2. The van der Waals surface area contributed by atoms with Crippen LogP contribution in [-0.2, 0) is 65.4 Å². The number of esters is 4. The molecule has 0 aliphatic heterocycles. The first-order valence-electron chi connectivity index (χ1n) is 47.2. The molecule has 0 amide bonds. The van der Waals surface area contributed by atoms with E-state index in [1.807, 2.05) is 0 Å². The molecule has 0 aliphatic carbocycles. The Labute approximate surface area is 683 Å². The van der Waals surface area contributed by atoms with Crippen LogP contribution in [0.4, 0.5) is 0 Å².